The average Bonchev–Trinajstić information content (AvgIpc) is 2.79. The second kappa shape index (κ2) is 10.5. The van der Waals surface area contributed by atoms with Crippen LogP contribution in [0.5, 0.6) is 5.75 Å². The Morgan fingerprint density at radius 3 is 2.23 bits per heavy atom. The van der Waals surface area contributed by atoms with E-state index < -0.39 is 5.54 Å². The molecule has 5 heteroatoms. The number of nitrogens with zero attached hydrogens (tertiary/aromatic N) is 1. The lowest BCUT2D eigenvalue weighted by atomic mass is 9.93. The average molecular weight is 423 g/mol. The Labute approximate surface area is 185 Å². The Balaban J connectivity index is 1.81. The van der Waals surface area contributed by atoms with E-state index in [0.29, 0.717) is 6.54 Å². The molecule has 1 saturated carbocycles. The summed E-state index contributed by atoms with van der Waals surface area (Å²) in [5, 5.41) is 3.21. The van der Waals surface area contributed by atoms with Crippen molar-refractivity contribution in [2.45, 2.75) is 70.5 Å². The maximum atomic E-state index is 13.4. The molecule has 0 saturated heterocycles. The van der Waals surface area contributed by atoms with Crippen LogP contribution in [0.25, 0.3) is 0 Å². The third-order valence-electron chi connectivity index (χ3n) is 6.17. The van der Waals surface area contributed by atoms with Crippen molar-refractivity contribution >= 4 is 11.8 Å². The van der Waals surface area contributed by atoms with E-state index in [1.807, 2.05) is 68.4 Å². The van der Waals surface area contributed by atoms with Crippen molar-refractivity contribution in [2.24, 2.45) is 0 Å². The largest absolute Gasteiger partial charge is 0.497 e. The second-order valence-corrected chi connectivity index (χ2v) is 8.86. The zero-order chi connectivity index (χ0) is 22.3. The van der Waals surface area contributed by atoms with Crippen LogP contribution >= 0.6 is 0 Å². The molecule has 1 fully saturated rings. The van der Waals surface area contributed by atoms with E-state index in [2.05, 4.69) is 5.32 Å². The van der Waals surface area contributed by atoms with Gasteiger partial charge in [-0.2, -0.15) is 0 Å². The fraction of sp³-hybridized carbons (Fsp3) is 0.462. The van der Waals surface area contributed by atoms with E-state index in [4.69, 9.17) is 4.74 Å². The molecule has 1 aliphatic carbocycles. The molecule has 0 bridgehead atoms. The van der Waals surface area contributed by atoms with Crippen LogP contribution in [-0.4, -0.2) is 35.4 Å². The van der Waals surface area contributed by atoms with Crippen LogP contribution in [-0.2, 0) is 22.6 Å². The minimum atomic E-state index is -0.969. The lowest BCUT2D eigenvalue weighted by Crippen LogP contribution is -2.58. The zero-order valence-electron chi connectivity index (χ0n) is 18.9. The summed E-state index contributed by atoms with van der Waals surface area (Å²) in [6.45, 7) is 4.05. The van der Waals surface area contributed by atoms with Crippen molar-refractivity contribution in [1.29, 1.82) is 0 Å². The summed E-state index contributed by atoms with van der Waals surface area (Å²) in [6.07, 6.45) is 5.81. The highest BCUT2D eigenvalue weighted by molar-refractivity contribution is 5.91. The van der Waals surface area contributed by atoms with Gasteiger partial charge in [0.1, 0.15) is 11.3 Å². The number of carbonyl (C=O) groups is 2. The summed E-state index contributed by atoms with van der Waals surface area (Å²) in [4.78, 5) is 28.4. The van der Waals surface area contributed by atoms with E-state index >= 15 is 0 Å². The number of hydrogen-bond donors (Lipinski definition) is 1. The molecule has 2 aromatic rings. The standard InChI is InChI=1S/C26H34N2O3/c1-26(2,25(30)27-22-12-8-5-9-13-22)28(19-21-14-16-23(31-3)17-15-21)24(29)18-20-10-6-4-7-11-20/h4,6-7,10-11,14-17,22H,5,8-9,12-13,18-19H2,1-3H3,(H,27,30). The highest BCUT2D eigenvalue weighted by Gasteiger charge is 2.38. The van der Waals surface area contributed by atoms with Gasteiger partial charge in [-0.15, -0.1) is 0 Å². The number of carbonyl (C=O) groups excluding carboxylic acids is 2. The maximum absolute atomic E-state index is 13.4. The predicted molar refractivity (Wildman–Crippen MR) is 123 cm³/mol. The number of amides is 2. The van der Waals surface area contributed by atoms with E-state index in [1.165, 1.54) is 6.42 Å². The molecule has 2 aromatic carbocycles. The van der Waals surface area contributed by atoms with E-state index in [0.717, 1.165) is 42.6 Å². The summed E-state index contributed by atoms with van der Waals surface area (Å²) in [6, 6.07) is 17.5. The Kier molecular flexibility index (Phi) is 7.72. The maximum Gasteiger partial charge on any atom is 0.245 e. The van der Waals surface area contributed by atoms with Crippen molar-refractivity contribution in [2.75, 3.05) is 7.11 Å². The molecule has 166 valence electrons. The summed E-state index contributed by atoms with van der Waals surface area (Å²) >= 11 is 0. The van der Waals surface area contributed by atoms with Crippen molar-refractivity contribution < 1.29 is 14.3 Å². The molecular weight excluding hydrogens is 388 g/mol. The first-order chi connectivity index (χ1) is 14.9. The first-order valence-electron chi connectivity index (χ1n) is 11.2. The predicted octanol–water partition coefficient (Wildman–Crippen LogP) is 4.49. The van der Waals surface area contributed by atoms with Crippen LogP contribution in [0.15, 0.2) is 54.6 Å². The van der Waals surface area contributed by atoms with Crippen LogP contribution in [0, 0.1) is 0 Å². The third kappa shape index (κ3) is 6.09. The topological polar surface area (TPSA) is 58.6 Å². The molecule has 1 aliphatic rings. The summed E-state index contributed by atoms with van der Waals surface area (Å²) in [7, 11) is 1.63. The lowest BCUT2D eigenvalue weighted by molar-refractivity contribution is -0.146. The van der Waals surface area contributed by atoms with Gasteiger partial charge in [-0.1, -0.05) is 61.7 Å². The molecule has 0 aliphatic heterocycles. The van der Waals surface area contributed by atoms with Crippen molar-refractivity contribution in [3.05, 3.63) is 65.7 Å². The van der Waals surface area contributed by atoms with Crippen LogP contribution in [0.3, 0.4) is 0 Å². The summed E-state index contributed by atoms with van der Waals surface area (Å²) < 4.78 is 5.25. The van der Waals surface area contributed by atoms with Crippen LogP contribution in [0.2, 0.25) is 0 Å². The molecule has 5 nitrogen and oxygen atoms in total. The van der Waals surface area contributed by atoms with Gasteiger partial charge >= 0.3 is 0 Å². The zero-order valence-corrected chi connectivity index (χ0v) is 18.9. The summed E-state index contributed by atoms with van der Waals surface area (Å²) in [5.41, 5.74) is 0.931. The molecule has 0 aromatic heterocycles. The Bertz CT molecular complexity index is 856. The highest BCUT2D eigenvalue weighted by atomic mass is 16.5. The smallest absolute Gasteiger partial charge is 0.245 e. The number of rotatable bonds is 8. The van der Waals surface area contributed by atoms with Gasteiger partial charge in [0.15, 0.2) is 0 Å². The lowest BCUT2D eigenvalue weighted by Gasteiger charge is -2.39. The normalized spacial score (nSPS) is 14.7. The SMILES string of the molecule is COc1ccc(CN(C(=O)Cc2ccccc2)C(C)(C)C(=O)NC2CCCCC2)cc1. The number of hydrogen-bond acceptors (Lipinski definition) is 3. The van der Waals surface area contributed by atoms with E-state index in [9.17, 15) is 9.59 Å². The quantitative estimate of drug-likeness (QED) is 0.682. The van der Waals surface area contributed by atoms with Gasteiger partial charge in [0, 0.05) is 12.6 Å². The van der Waals surface area contributed by atoms with Gasteiger partial charge < -0.3 is 15.0 Å². The third-order valence-corrected chi connectivity index (χ3v) is 6.17. The summed E-state index contributed by atoms with van der Waals surface area (Å²) in [5.74, 6) is 0.611. The Morgan fingerprint density at radius 1 is 0.968 bits per heavy atom. The van der Waals surface area contributed by atoms with E-state index in [-0.39, 0.29) is 24.3 Å². The number of methoxy groups -OCH3 is 1. The van der Waals surface area contributed by atoms with Gasteiger partial charge in [0.2, 0.25) is 11.8 Å². The number of nitrogens with one attached hydrogen (secondary N) is 1. The highest BCUT2D eigenvalue weighted by Crippen LogP contribution is 2.24. The van der Waals surface area contributed by atoms with Crippen molar-refractivity contribution in [1.82, 2.24) is 10.2 Å². The first-order valence-corrected chi connectivity index (χ1v) is 11.2. The molecule has 0 atom stereocenters. The van der Waals surface area contributed by atoms with E-state index in [1.54, 1.807) is 12.0 Å². The molecule has 0 heterocycles. The van der Waals surface area contributed by atoms with Crippen molar-refractivity contribution in [3.8, 4) is 5.75 Å². The van der Waals surface area contributed by atoms with Gasteiger partial charge in [0.05, 0.1) is 13.5 Å². The van der Waals surface area contributed by atoms with Gasteiger partial charge in [-0.3, -0.25) is 9.59 Å². The molecule has 0 spiro atoms. The fourth-order valence-corrected chi connectivity index (χ4v) is 4.11. The fourth-order valence-electron chi connectivity index (χ4n) is 4.11. The minimum Gasteiger partial charge on any atom is -0.497 e. The molecule has 2 amide bonds. The van der Waals surface area contributed by atoms with Crippen LogP contribution < -0.4 is 10.1 Å². The van der Waals surface area contributed by atoms with Crippen molar-refractivity contribution in [3.63, 3.8) is 0 Å². The Hall–Kier alpha value is -2.82. The van der Waals surface area contributed by atoms with Crippen LogP contribution in [0.4, 0.5) is 0 Å². The van der Waals surface area contributed by atoms with Gasteiger partial charge in [-0.05, 0) is 49.9 Å². The van der Waals surface area contributed by atoms with Crippen LogP contribution in [0.1, 0.15) is 57.1 Å². The Morgan fingerprint density at radius 2 is 1.61 bits per heavy atom. The molecule has 0 radical (unpaired) electrons. The molecule has 31 heavy (non-hydrogen) atoms. The monoisotopic (exact) mass is 422 g/mol. The minimum absolute atomic E-state index is 0.0641. The number of benzene rings is 2. The molecular formula is C26H34N2O3. The molecule has 0 unspecified atom stereocenters. The van der Waals surface area contributed by atoms with Gasteiger partial charge in [0.25, 0.3) is 0 Å². The molecule has 3 rings (SSSR count). The first kappa shape index (κ1) is 22.9. The second-order valence-electron chi connectivity index (χ2n) is 8.86. The van der Waals surface area contributed by atoms with Gasteiger partial charge in [-0.25, -0.2) is 0 Å². The molecule has 1 N–H and O–H groups in total. The number of ether oxygens (including phenoxy) is 1.